The van der Waals surface area contributed by atoms with Gasteiger partial charge in [-0.3, -0.25) is 14.9 Å². The van der Waals surface area contributed by atoms with Crippen molar-refractivity contribution in [3.8, 4) is 11.5 Å². The van der Waals surface area contributed by atoms with E-state index < -0.39 is 16.8 Å². The lowest BCUT2D eigenvalue weighted by Crippen LogP contribution is -2.16. The molecule has 166 valence electrons. The molecular weight excluding hydrogens is 446 g/mol. The summed E-state index contributed by atoms with van der Waals surface area (Å²) < 4.78 is 20.4. The van der Waals surface area contributed by atoms with Crippen molar-refractivity contribution in [3.05, 3.63) is 62.9 Å². The lowest BCUT2D eigenvalue weighted by Gasteiger charge is -2.12. The second kappa shape index (κ2) is 9.79. The normalized spacial score (nSPS) is 10.8. The average Bonchev–Trinajstić information content (AvgIpc) is 3.21. The van der Waals surface area contributed by atoms with Gasteiger partial charge in [-0.1, -0.05) is 11.6 Å². The summed E-state index contributed by atoms with van der Waals surface area (Å²) in [5.41, 5.74) is 2.97. The molecule has 1 amide bonds. The second-order valence-corrected chi connectivity index (χ2v) is 6.60. The number of methoxy groups -OCH3 is 2. The van der Waals surface area contributed by atoms with Crippen LogP contribution in [0.3, 0.4) is 0 Å². The molecule has 3 aromatic rings. The Balaban J connectivity index is 1.71. The summed E-state index contributed by atoms with van der Waals surface area (Å²) in [6.07, 6.45) is 1.31. The Morgan fingerprint density at radius 2 is 2.03 bits per heavy atom. The van der Waals surface area contributed by atoms with Crippen LogP contribution in [0, 0.1) is 10.1 Å². The molecule has 0 spiro atoms. The van der Waals surface area contributed by atoms with Gasteiger partial charge in [0.2, 0.25) is 0 Å². The molecule has 0 bridgehead atoms. The van der Waals surface area contributed by atoms with Crippen LogP contribution in [0.15, 0.2) is 45.9 Å². The summed E-state index contributed by atoms with van der Waals surface area (Å²) in [6, 6.07) is 8.39. The summed E-state index contributed by atoms with van der Waals surface area (Å²) >= 11 is 6.19. The standard InChI is InChI=1S/C20H16ClN3O8/c1-29-16-6-11(5-14(21)19(16)31-10-18(25)30-2)9-22-23-20(26)17-8-12-7-13(24(27)28)3-4-15(12)32-17/h3-9H,10H2,1-2H3,(H,23,26)/b22-9-. The van der Waals surface area contributed by atoms with Crippen LogP contribution in [0.2, 0.25) is 5.02 Å². The van der Waals surface area contributed by atoms with Gasteiger partial charge in [0.1, 0.15) is 5.58 Å². The first kappa shape index (κ1) is 22.6. The van der Waals surface area contributed by atoms with Gasteiger partial charge in [-0.2, -0.15) is 5.10 Å². The highest BCUT2D eigenvalue weighted by atomic mass is 35.5. The molecule has 0 aliphatic carbocycles. The van der Waals surface area contributed by atoms with Gasteiger partial charge in [-0.25, -0.2) is 10.2 Å². The number of esters is 1. The number of nitro benzene ring substituents is 1. The van der Waals surface area contributed by atoms with Crippen LogP contribution in [0.4, 0.5) is 5.69 Å². The van der Waals surface area contributed by atoms with E-state index >= 15 is 0 Å². The largest absolute Gasteiger partial charge is 0.493 e. The minimum absolute atomic E-state index is 0.0696. The number of hydrogen-bond donors (Lipinski definition) is 1. The second-order valence-electron chi connectivity index (χ2n) is 6.19. The predicted molar refractivity (Wildman–Crippen MR) is 113 cm³/mol. The molecule has 1 heterocycles. The van der Waals surface area contributed by atoms with Crippen LogP contribution in [0.5, 0.6) is 11.5 Å². The number of amides is 1. The van der Waals surface area contributed by atoms with Crippen molar-refractivity contribution >= 4 is 46.3 Å². The number of carbonyl (C=O) groups excluding carboxylic acids is 2. The maximum Gasteiger partial charge on any atom is 0.343 e. The Morgan fingerprint density at radius 3 is 2.72 bits per heavy atom. The van der Waals surface area contributed by atoms with E-state index in [2.05, 4.69) is 15.3 Å². The van der Waals surface area contributed by atoms with Gasteiger partial charge in [-0.15, -0.1) is 0 Å². The molecule has 0 fully saturated rings. The van der Waals surface area contributed by atoms with E-state index in [4.69, 9.17) is 25.5 Å². The molecule has 0 aliphatic rings. The highest BCUT2D eigenvalue weighted by Crippen LogP contribution is 2.36. The molecule has 3 rings (SSSR count). The van der Waals surface area contributed by atoms with Gasteiger partial charge >= 0.3 is 11.9 Å². The third-order valence-electron chi connectivity index (χ3n) is 4.13. The highest BCUT2D eigenvalue weighted by Gasteiger charge is 2.16. The smallest absolute Gasteiger partial charge is 0.343 e. The Hall–Kier alpha value is -4.12. The number of carbonyl (C=O) groups is 2. The summed E-state index contributed by atoms with van der Waals surface area (Å²) in [4.78, 5) is 33.9. The van der Waals surface area contributed by atoms with Crippen molar-refractivity contribution in [3.63, 3.8) is 0 Å². The number of nitrogens with zero attached hydrogens (tertiary/aromatic N) is 2. The number of furan rings is 1. The van der Waals surface area contributed by atoms with Crippen LogP contribution >= 0.6 is 11.6 Å². The van der Waals surface area contributed by atoms with Gasteiger partial charge in [0.05, 0.1) is 30.4 Å². The van der Waals surface area contributed by atoms with Gasteiger partial charge < -0.3 is 18.6 Å². The number of non-ortho nitro benzene ring substituents is 1. The number of hydrazone groups is 1. The first-order chi connectivity index (χ1) is 15.3. The number of benzene rings is 2. The number of nitrogens with one attached hydrogen (secondary N) is 1. The van der Waals surface area contributed by atoms with E-state index in [1.165, 1.54) is 56.8 Å². The average molecular weight is 462 g/mol. The van der Waals surface area contributed by atoms with E-state index in [1.807, 2.05) is 0 Å². The number of ether oxygens (including phenoxy) is 3. The van der Waals surface area contributed by atoms with E-state index in [0.29, 0.717) is 16.5 Å². The van der Waals surface area contributed by atoms with Crippen LogP contribution in [-0.4, -0.2) is 43.8 Å². The number of nitro groups is 1. The van der Waals surface area contributed by atoms with E-state index in [-0.39, 0.29) is 34.6 Å². The Morgan fingerprint density at radius 1 is 1.25 bits per heavy atom. The predicted octanol–water partition coefficient (Wildman–Crippen LogP) is 3.32. The minimum atomic E-state index is -0.656. The number of halogens is 1. The molecule has 11 nitrogen and oxygen atoms in total. The molecule has 1 N–H and O–H groups in total. The van der Waals surface area contributed by atoms with Crippen LogP contribution in [0.25, 0.3) is 11.0 Å². The summed E-state index contributed by atoms with van der Waals surface area (Å²) in [6.45, 7) is -0.350. The molecule has 2 aromatic carbocycles. The van der Waals surface area contributed by atoms with E-state index in [1.54, 1.807) is 0 Å². The number of fused-ring (bicyclic) bond motifs is 1. The molecule has 0 saturated heterocycles. The lowest BCUT2D eigenvalue weighted by molar-refractivity contribution is -0.384. The third-order valence-corrected chi connectivity index (χ3v) is 4.41. The van der Waals surface area contributed by atoms with Crippen molar-refractivity contribution in [1.82, 2.24) is 5.43 Å². The molecular formula is C20H16ClN3O8. The third kappa shape index (κ3) is 5.13. The monoisotopic (exact) mass is 461 g/mol. The zero-order chi connectivity index (χ0) is 23.3. The fourth-order valence-corrected chi connectivity index (χ4v) is 2.89. The highest BCUT2D eigenvalue weighted by molar-refractivity contribution is 6.32. The Bertz CT molecular complexity index is 1220. The molecule has 0 saturated carbocycles. The summed E-state index contributed by atoms with van der Waals surface area (Å²) in [7, 11) is 2.62. The molecule has 32 heavy (non-hydrogen) atoms. The topological polar surface area (TPSA) is 143 Å². The van der Waals surface area contributed by atoms with Crippen LogP contribution in [0.1, 0.15) is 16.1 Å². The molecule has 1 aromatic heterocycles. The van der Waals surface area contributed by atoms with Crippen molar-refractivity contribution in [2.75, 3.05) is 20.8 Å². The van der Waals surface area contributed by atoms with Crippen molar-refractivity contribution in [1.29, 1.82) is 0 Å². The van der Waals surface area contributed by atoms with Crippen molar-refractivity contribution < 1.29 is 33.1 Å². The van der Waals surface area contributed by atoms with Gasteiger partial charge in [0.15, 0.2) is 23.9 Å². The van der Waals surface area contributed by atoms with E-state index in [9.17, 15) is 19.7 Å². The summed E-state index contributed by atoms with van der Waals surface area (Å²) in [5.74, 6) is -0.919. The fourth-order valence-electron chi connectivity index (χ4n) is 2.62. The molecule has 12 heteroatoms. The fraction of sp³-hybridized carbons (Fsp3) is 0.150. The maximum absolute atomic E-state index is 12.3. The van der Waals surface area contributed by atoms with Crippen molar-refractivity contribution in [2.24, 2.45) is 5.10 Å². The first-order valence-corrected chi connectivity index (χ1v) is 9.28. The summed E-state index contributed by atoms with van der Waals surface area (Å²) in [5, 5.41) is 15.3. The zero-order valence-electron chi connectivity index (χ0n) is 16.8. The van der Waals surface area contributed by atoms with Gasteiger partial charge in [0, 0.05) is 17.5 Å². The maximum atomic E-state index is 12.3. The minimum Gasteiger partial charge on any atom is -0.493 e. The molecule has 0 atom stereocenters. The number of hydrogen-bond acceptors (Lipinski definition) is 9. The molecule has 0 unspecified atom stereocenters. The van der Waals surface area contributed by atoms with Gasteiger partial charge in [0.25, 0.3) is 5.69 Å². The van der Waals surface area contributed by atoms with Crippen molar-refractivity contribution in [2.45, 2.75) is 0 Å². The SMILES string of the molecule is COC(=O)COc1c(Cl)cc(/C=N\NC(=O)c2cc3cc([N+](=O)[O-])ccc3o2)cc1OC. The van der Waals surface area contributed by atoms with Crippen LogP contribution in [-0.2, 0) is 9.53 Å². The molecule has 0 radical (unpaired) electrons. The Kier molecular flexibility index (Phi) is 6.90. The molecule has 0 aliphatic heterocycles. The number of rotatable bonds is 8. The Labute approximate surface area is 185 Å². The van der Waals surface area contributed by atoms with Gasteiger partial charge in [-0.05, 0) is 29.8 Å². The van der Waals surface area contributed by atoms with E-state index in [0.717, 1.165) is 0 Å². The van der Waals surface area contributed by atoms with Crippen LogP contribution < -0.4 is 14.9 Å². The quantitative estimate of drug-likeness (QED) is 0.233. The zero-order valence-corrected chi connectivity index (χ0v) is 17.5. The first-order valence-electron chi connectivity index (χ1n) is 8.91. The lowest BCUT2D eigenvalue weighted by atomic mass is 10.2.